The molecule has 0 fully saturated rings. The van der Waals surface area contributed by atoms with Gasteiger partial charge in [-0.05, 0) is 22.8 Å². The molecule has 7 nitrogen and oxygen atoms in total. The number of rotatable bonds is 5. The van der Waals surface area contributed by atoms with Gasteiger partial charge in [-0.1, -0.05) is 42.5 Å². The van der Waals surface area contributed by atoms with Crippen LogP contribution >= 0.6 is 0 Å². The van der Waals surface area contributed by atoms with Crippen molar-refractivity contribution in [1.82, 2.24) is 9.80 Å². The van der Waals surface area contributed by atoms with Crippen LogP contribution in [0.1, 0.15) is 5.56 Å². The molecule has 7 heteroatoms. The number of amides is 3. The summed E-state index contributed by atoms with van der Waals surface area (Å²) in [6.45, 7) is 0.0198. The Morgan fingerprint density at radius 2 is 1.81 bits per heavy atom. The summed E-state index contributed by atoms with van der Waals surface area (Å²) in [6.07, 6.45) is 3.47. The lowest BCUT2D eigenvalue weighted by Crippen LogP contribution is -2.43. The lowest BCUT2D eigenvalue weighted by molar-refractivity contribution is -0.132. The Morgan fingerprint density at radius 1 is 1.12 bits per heavy atom. The summed E-state index contributed by atoms with van der Waals surface area (Å²) >= 11 is 0. The van der Waals surface area contributed by atoms with E-state index in [0.29, 0.717) is 17.4 Å². The quantitative estimate of drug-likeness (QED) is 0.506. The summed E-state index contributed by atoms with van der Waals surface area (Å²) in [5, 5.41) is 19.6. The van der Waals surface area contributed by atoms with Crippen LogP contribution in [-0.2, 0) is 16.0 Å². The molecule has 3 amide bonds. The maximum Gasteiger partial charge on any atom is 0.339 e. The number of carboxylic acids is 1. The Morgan fingerprint density at radius 3 is 2.46 bits per heavy atom. The second kappa shape index (κ2) is 8.44. The highest BCUT2D eigenvalue weighted by atomic mass is 16.4. The molecule has 0 saturated heterocycles. The first-order chi connectivity index (χ1) is 12.4. The van der Waals surface area contributed by atoms with Crippen molar-refractivity contribution in [2.24, 2.45) is 0 Å². The molecule has 2 aromatic rings. The van der Waals surface area contributed by atoms with Gasteiger partial charge < -0.3 is 5.11 Å². The van der Waals surface area contributed by atoms with Gasteiger partial charge in [-0.15, -0.1) is 0 Å². The number of nitriles is 1. The highest BCUT2D eigenvalue weighted by Gasteiger charge is 2.23. The fourth-order valence-electron chi connectivity index (χ4n) is 2.39. The van der Waals surface area contributed by atoms with Crippen molar-refractivity contribution in [3.05, 3.63) is 60.2 Å². The van der Waals surface area contributed by atoms with Crippen molar-refractivity contribution in [1.29, 1.82) is 5.26 Å². The minimum Gasteiger partial charge on any atom is -0.478 e. The number of hydrogen-bond donors (Lipinski definition) is 1. The summed E-state index contributed by atoms with van der Waals surface area (Å²) in [5.74, 6) is -2.09. The van der Waals surface area contributed by atoms with E-state index in [2.05, 4.69) is 0 Å². The third-order valence-corrected chi connectivity index (χ3v) is 3.74. The first-order valence-corrected chi connectivity index (χ1v) is 7.80. The Bertz CT molecular complexity index is 914. The average Bonchev–Trinajstić information content (AvgIpc) is 2.65. The third kappa shape index (κ3) is 4.68. The number of benzene rings is 2. The number of carbonyl (C=O) groups excluding carboxylic acids is 2. The normalized spacial score (nSPS) is 10.5. The van der Waals surface area contributed by atoms with Gasteiger partial charge in [0.15, 0.2) is 6.19 Å². The second-order valence-electron chi connectivity index (χ2n) is 5.53. The largest absolute Gasteiger partial charge is 0.478 e. The predicted octanol–water partition coefficient (Wildman–Crippen LogP) is 2.38. The summed E-state index contributed by atoms with van der Waals surface area (Å²) in [5.41, 5.74) is 0.913. The van der Waals surface area contributed by atoms with Crippen molar-refractivity contribution in [3.8, 4) is 6.19 Å². The van der Waals surface area contributed by atoms with E-state index >= 15 is 0 Å². The molecule has 0 unspecified atom stereocenters. The van der Waals surface area contributed by atoms with Crippen molar-refractivity contribution in [3.63, 3.8) is 0 Å². The van der Waals surface area contributed by atoms with E-state index in [4.69, 9.17) is 10.4 Å². The van der Waals surface area contributed by atoms with Gasteiger partial charge in [-0.2, -0.15) is 5.26 Å². The monoisotopic (exact) mass is 351 g/mol. The van der Waals surface area contributed by atoms with Crippen LogP contribution in [0.15, 0.2) is 54.6 Å². The van der Waals surface area contributed by atoms with Crippen molar-refractivity contribution < 1.29 is 19.5 Å². The van der Waals surface area contributed by atoms with Crippen molar-refractivity contribution in [2.75, 3.05) is 13.6 Å². The molecule has 0 spiro atoms. The summed E-state index contributed by atoms with van der Waals surface area (Å²) in [7, 11) is 1.24. The van der Waals surface area contributed by atoms with E-state index < -0.39 is 17.9 Å². The standard InChI is InChI=1S/C19H17N3O4/c1-21(13-20)19(26)22(17(23)8-9-18(24)25)11-10-14-6-7-15-4-2-3-5-16(15)12-14/h2-9,12H,10-11H2,1H3,(H,24,25). The van der Waals surface area contributed by atoms with Gasteiger partial charge >= 0.3 is 12.0 Å². The van der Waals surface area contributed by atoms with Crippen LogP contribution in [0.3, 0.4) is 0 Å². The highest BCUT2D eigenvalue weighted by Crippen LogP contribution is 2.16. The highest BCUT2D eigenvalue weighted by molar-refractivity contribution is 6.02. The van der Waals surface area contributed by atoms with Crippen molar-refractivity contribution in [2.45, 2.75) is 6.42 Å². The van der Waals surface area contributed by atoms with Gasteiger partial charge in [-0.25, -0.2) is 14.5 Å². The zero-order chi connectivity index (χ0) is 19.1. The zero-order valence-corrected chi connectivity index (χ0v) is 14.1. The molecule has 0 bridgehead atoms. The van der Waals surface area contributed by atoms with Crippen LogP contribution in [0.4, 0.5) is 4.79 Å². The number of hydrogen-bond acceptors (Lipinski definition) is 4. The molecule has 132 valence electrons. The van der Waals surface area contributed by atoms with E-state index in [-0.39, 0.29) is 6.54 Å². The van der Waals surface area contributed by atoms with E-state index in [1.807, 2.05) is 42.5 Å². The lowest BCUT2D eigenvalue weighted by Gasteiger charge is -2.21. The molecular weight excluding hydrogens is 334 g/mol. The minimum atomic E-state index is -1.30. The van der Waals surface area contributed by atoms with Gasteiger partial charge in [-0.3, -0.25) is 9.69 Å². The molecule has 0 radical (unpaired) electrons. The Labute approximate surface area is 150 Å². The van der Waals surface area contributed by atoms with E-state index in [0.717, 1.165) is 27.3 Å². The Balaban J connectivity index is 2.19. The summed E-state index contributed by atoms with van der Waals surface area (Å²) < 4.78 is 0. The van der Waals surface area contributed by atoms with Gasteiger partial charge in [0, 0.05) is 25.7 Å². The van der Waals surface area contributed by atoms with Crippen LogP contribution in [0.2, 0.25) is 0 Å². The van der Waals surface area contributed by atoms with Crippen LogP contribution in [0, 0.1) is 11.5 Å². The smallest absolute Gasteiger partial charge is 0.339 e. The zero-order valence-electron chi connectivity index (χ0n) is 14.1. The third-order valence-electron chi connectivity index (χ3n) is 3.74. The number of imide groups is 1. The van der Waals surface area contributed by atoms with Crippen LogP contribution in [-0.4, -0.2) is 46.4 Å². The Hall–Kier alpha value is -3.66. The van der Waals surface area contributed by atoms with Crippen LogP contribution in [0.5, 0.6) is 0 Å². The number of urea groups is 1. The molecule has 2 rings (SSSR count). The number of carboxylic acid groups (broad SMARTS) is 1. The lowest BCUT2D eigenvalue weighted by atomic mass is 10.0. The molecule has 0 aliphatic rings. The number of fused-ring (bicyclic) bond motifs is 1. The minimum absolute atomic E-state index is 0.0198. The van der Waals surface area contributed by atoms with Gasteiger partial charge in [0.2, 0.25) is 0 Å². The molecule has 1 N–H and O–H groups in total. The predicted molar refractivity (Wildman–Crippen MR) is 94.9 cm³/mol. The van der Waals surface area contributed by atoms with Crippen molar-refractivity contribution >= 4 is 28.7 Å². The topological polar surface area (TPSA) is 102 Å². The molecule has 0 aliphatic heterocycles. The molecule has 0 heterocycles. The van der Waals surface area contributed by atoms with Gasteiger partial charge in [0.1, 0.15) is 0 Å². The van der Waals surface area contributed by atoms with E-state index in [9.17, 15) is 14.4 Å². The maximum atomic E-state index is 12.2. The van der Waals surface area contributed by atoms with Gasteiger partial charge in [0.25, 0.3) is 5.91 Å². The van der Waals surface area contributed by atoms with Crippen LogP contribution < -0.4 is 0 Å². The average molecular weight is 351 g/mol. The molecule has 0 atom stereocenters. The van der Waals surface area contributed by atoms with E-state index in [1.54, 1.807) is 6.19 Å². The van der Waals surface area contributed by atoms with Gasteiger partial charge in [0.05, 0.1) is 0 Å². The molecule has 26 heavy (non-hydrogen) atoms. The molecule has 0 saturated carbocycles. The first kappa shape index (κ1) is 18.7. The SMILES string of the molecule is CN(C#N)C(=O)N(CCc1ccc2ccccc2c1)C(=O)C=CC(=O)O. The fraction of sp³-hybridized carbons (Fsp3) is 0.158. The molecule has 0 aliphatic carbocycles. The van der Waals surface area contributed by atoms with Crippen LogP contribution in [0.25, 0.3) is 10.8 Å². The molecule has 2 aromatic carbocycles. The second-order valence-corrected chi connectivity index (χ2v) is 5.53. The Kier molecular flexibility index (Phi) is 6.06. The summed E-state index contributed by atoms with van der Waals surface area (Å²) in [6, 6.07) is 12.8. The molecule has 0 aromatic heterocycles. The fourth-order valence-corrected chi connectivity index (χ4v) is 2.39. The number of nitrogens with zero attached hydrogens (tertiary/aromatic N) is 3. The maximum absolute atomic E-state index is 12.2. The van der Waals surface area contributed by atoms with E-state index in [1.165, 1.54) is 7.05 Å². The first-order valence-electron chi connectivity index (χ1n) is 7.80. The summed E-state index contributed by atoms with van der Waals surface area (Å²) in [4.78, 5) is 36.5. The molecular formula is C19H17N3O4. The number of aliphatic carboxylic acids is 1. The number of carbonyl (C=O) groups is 3.